The van der Waals surface area contributed by atoms with Gasteiger partial charge in [-0.1, -0.05) is 17.0 Å². The van der Waals surface area contributed by atoms with Crippen molar-refractivity contribution in [1.82, 2.24) is 8.61 Å². The Hall–Kier alpha value is -1.86. The van der Waals surface area contributed by atoms with Crippen molar-refractivity contribution in [1.29, 1.82) is 0 Å². The van der Waals surface area contributed by atoms with Crippen LogP contribution in [0.15, 0.2) is 30.3 Å². The van der Waals surface area contributed by atoms with E-state index in [1.807, 2.05) is 0 Å². The number of ether oxygens (including phenoxy) is 2. The minimum atomic E-state index is -3.44. The molecule has 0 spiro atoms. The molecule has 1 atom stereocenters. The number of thiophene rings is 1. The van der Waals surface area contributed by atoms with Crippen LogP contribution in [-0.4, -0.2) is 60.9 Å². The molecular formula is C17H22N2O7S2. The second-order valence-electron chi connectivity index (χ2n) is 6.12. The first-order valence-corrected chi connectivity index (χ1v) is 10.5. The maximum absolute atomic E-state index is 11.0. The van der Waals surface area contributed by atoms with E-state index in [1.54, 1.807) is 24.3 Å². The molecule has 9 nitrogen and oxygen atoms in total. The van der Waals surface area contributed by atoms with E-state index >= 15 is 0 Å². The van der Waals surface area contributed by atoms with Crippen molar-refractivity contribution < 1.29 is 33.6 Å². The predicted octanol–water partition coefficient (Wildman–Crippen LogP) is 2.68. The lowest BCUT2D eigenvalue weighted by atomic mass is 10.2. The molecule has 1 saturated heterocycles. The van der Waals surface area contributed by atoms with Crippen LogP contribution >= 0.6 is 22.3 Å². The first-order valence-electron chi connectivity index (χ1n) is 8.27. The lowest BCUT2D eigenvalue weighted by Crippen LogP contribution is -2.32. The summed E-state index contributed by atoms with van der Waals surface area (Å²) < 4.78 is 34.5. The number of rotatable bonds is 7. The van der Waals surface area contributed by atoms with Gasteiger partial charge in [0, 0.05) is 16.5 Å². The zero-order valence-electron chi connectivity index (χ0n) is 15.3. The number of carboxylic acid groups (broad SMARTS) is 1. The quantitative estimate of drug-likeness (QED) is 0.525. The molecule has 1 aromatic carbocycles. The summed E-state index contributed by atoms with van der Waals surface area (Å²) in [5, 5.41) is 19.5. The fraction of sp³-hybridized carbons (Fsp3) is 0.353. The van der Waals surface area contributed by atoms with Crippen LogP contribution in [0, 0.1) is 0 Å². The molecule has 1 aliphatic heterocycles. The van der Waals surface area contributed by atoms with Gasteiger partial charge in [0.2, 0.25) is 0 Å². The Morgan fingerprint density at radius 1 is 1.21 bits per heavy atom. The Morgan fingerprint density at radius 3 is 2.57 bits per heavy atom. The van der Waals surface area contributed by atoms with Crippen molar-refractivity contribution in [3.05, 3.63) is 45.6 Å². The number of methoxy groups -OCH3 is 2. The van der Waals surface area contributed by atoms with Crippen molar-refractivity contribution in [3.63, 3.8) is 0 Å². The number of aromatic carboxylic acids is 1. The van der Waals surface area contributed by atoms with Gasteiger partial charge in [-0.3, -0.25) is 9.11 Å². The van der Waals surface area contributed by atoms with Crippen LogP contribution in [0.25, 0.3) is 0 Å². The molecule has 1 aliphatic rings. The van der Waals surface area contributed by atoms with Gasteiger partial charge in [-0.2, -0.15) is 8.61 Å². The Bertz CT molecular complexity index is 858. The fourth-order valence-electron chi connectivity index (χ4n) is 2.93. The summed E-state index contributed by atoms with van der Waals surface area (Å²) in [6.45, 7) is 0.187. The molecule has 11 heteroatoms. The molecule has 154 valence electrons. The van der Waals surface area contributed by atoms with E-state index in [9.17, 15) is 19.0 Å². The Balaban J connectivity index is 1.78. The number of aliphatic hydroxyl groups excluding tert-OH is 1. The van der Waals surface area contributed by atoms with Crippen LogP contribution in [0.5, 0.6) is 11.5 Å². The maximum Gasteiger partial charge on any atom is 0.345 e. The van der Waals surface area contributed by atoms with Gasteiger partial charge in [0.25, 0.3) is 0 Å². The molecular weight excluding hydrogens is 408 g/mol. The van der Waals surface area contributed by atoms with Gasteiger partial charge in [-0.15, -0.1) is 11.3 Å². The molecule has 3 rings (SSSR count). The van der Waals surface area contributed by atoms with Crippen LogP contribution in [0.1, 0.15) is 20.1 Å². The molecule has 0 radical (unpaired) electrons. The summed E-state index contributed by atoms with van der Waals surface area (Å²) in [6, 6.07) is 8.25. The third kappa shape index (κ3) is 4.10. The van der Waals surface area contributed by atoms with E-state index in [-0.39, 0.29) is 24.5 Å². The monoisotopic (exact) mass is 430 g/mol. The van der Waals surface area contributed by atoms with E-state index in [4.69, 9.17) is 14.6 Å². The molecule has 1 fully saturated rings. The van der Waals surface area contributed by atoms with Gasteiger partial charge in [-0.25, -0.2) is 4.79 Å². The second kappa shape index (κ2) is 8.25. The molecule has 1 aromatic heterocycles. The van der Waals surface area contributed by atoms with Gasteiger partial charge >= 0.3 is 5.97 Å². The number of hydrogen-bond acceptors (Lipinski definition) is 9. The predicted molar refractivity (Wildman–Crippen MR) is 106 cm³/mol. The van der Waals surface area contributed by atoms with Crippen LogP contribution in [0.4, 0.5) is 0 Å². The van der Waals surface area contributed by atoms with Crippen molar-refractivity contribution in [3.8, 4) is 11.5 Å². The van der Waals surface area contributed by atoms with Gasteiger partial charge in [0.05, 0.1) is 33.9 Å². The molecule has 0 amide bonds. The van der Waals surface area contributed by atoms with E-state index < -0.39 is 23.2 Å². The smallest absolute Gasteiger partial charge is 0.345 e. The van der Waals surface area contributed by atoms with Crippen molar-refractivity contribution >= 4 is 28.3 Å². The summed E-state index contributed by atoms with van der Waals surface area (Å²) >= 11 is 1.06. The van der Waals surface area contributed by atoms with Crippen LogP contribution in [0.3, 0.4) is 0 Å². The average molecular weight is 431 g/mol. The Kier molecular flexibility index (Phi) is 6.15. The highest BCUT2D eigenvalue weighted by Crippen LogP contribution is 2.55. The molecule has 0 saturated carbocycles. The van der Waals surface area contributed by atoms with Crippen LogP contribution in [0.2, 0.25) is 0 Å². The lowest BCUT2D eigenvalue weighted by molar-refractivity contribution is 0.0679. The summed E-state index contributed by atoms with van der Waals surface area (Å²) in [7, 11) is -0.401. The topological polar surface area (TPSA) is 123 Å². The second-order valence-corrected chi connectivity index (χ2v) is 9.25. The molecule has 2 aromatic rings. The number of carbonyl (C=O) groups is 1. The molecule has 1 unspecified atom stereocenters. The lowest BCUT2D eigenvalue weighted by Gasteiger charge is -2.42. The van der Waals surface area contributed by atoms with Gasteiger partial charge in [0.15, 0.2) is 0 Å². The van der Waals surface area contributed by atoms with Gasteiger partial charge in [0.1, 0.15) is 22.6 Å². The zero-order chi connectivity index (χ0) is 20.5. The number of benzene rings is 1. The average Bonchev–Trinajstić information content (AvgIpc) is 3.21. The molecule has 28 heavy (non-hydrogen) atoms. The van der Waals surface area contributed by atoms with E-state index in [2.05, 4.69) is 0 Å². The summed E-state index contributed by atoms with van der Waals surface area (Å²) in [5.74, 6) is 0.0739. The number of β-amino-alcohol motifs (C(OH)–C–C–N with tert-alkyl or cyclic N) is 1. The first kappa shape index (κ1) is 20.9. The highest BCUT2D eigenvalue weighted by Gasteiger charge is 2.43. The maximum atomic E-state index is 11.0. The highest BCUT2D eigenvalue weighted by atomic mass is 32.3. The van der Waals surface area contributed by atoms with Gasteiger partial charge in [-0.05, 0) is 18.2 Å². The number of hydrogen-bond donors (Lipinski definition) is 4. The molecule has 0 bridgehead atoms. The summed E-state index contributed by atoms with van der Waals surface area (Å²) in [4.78, 5) is 11.9. The van der Waals surface area contributed by atoms with Crippen molar-refractivity contribution in [2.75, 3.05) is 20.8 Å². The van der Waals surface area contributed by atoms with Crippen LogP contribution in [-0.2, 0) is 13.1 Å². The largest absolute Gasteiger partial charge is 0.497 e. The van der Waals surface area contributed by atoms with Crippen LogP contribution < -0.4 is 9.47 Å². The van der Waals surface area contributed by atoms with E-state index in [0.29, 0.717) is 21.9 Å². The standard InChI is InChI=1S/C17H22N2O7S2/c1-25-12-4-3-11(14(7-12)26-2)8-19-16(20)10-18(28(19,23)24)9-13-5-6-15(27-13)17(21)22/h3-7,16,20,23-24H,8-10H2,1-2H3,(H,21,22). The normalized spacial score (nSPS) is 20.8. The van der Waals surface area contributed by atoms with Crippen molar-refractivity contribution in [2.24, 2.45) is 0 Å². The summed E-state index contributed by atoms with van der Waals surface area (Å²) in [6.07, 6.45) is -1.10. The molecule has 0 aliphatic carbocycles. The van der Waals surface area contributed by atoms with E-state index in [0.717, 1.165) is 11.3 Å². The minimum Gasteiger partial charge on any atom is -0.497 e. The number of nitrogens with zero attached hydrogens (tertiary/aromatic N) is 2. The SMILES string of the molecule is COc1ccc(CN2C(O)CN(Cc3ccc(C(=O)O)s3)S2(O)O)c(OC)c1. The molecule has 2 heterocycles. The first-order chi connectivity index (χ1) is 13.3. The number of carboxylic acids is 1. The number of aliphatic hydroxyl groups is 1. The third-order valence-electron chi connectivity index (χ3n) is 4.39. The third-order valence-corrected chi connectivity index (χ3v) is 7.42. The summed E-state index contributed by atoms with van der Waals surface area (Å²) in [5.41, 5.74) is 0.661. The zero-order valence-corrected chi connectivity index (χ0v) is 16.9. The minimum absolute atomic E-state index is 0.0150. The Labute approximate surface area is 168 Å². The fourth-order valence-corrected chi connectivity index (χ4v) is 5.52. The Morgan fingerprint density at radius 2 is 1.96 bits per heavy atom. The highest BCUT2D eigenvalue weighted by molar-refractivity contribution is 8.20. The van der Waals surface area contributed by atoms with Gasteiger partial charge < -0.3 is 19.7 Å². The molecule has 4 N–H and O–H groups in total. The van der Waals surface area contributed by atoms with E-state index in [1.165, 1.54) is 28.9 Å². The van der Waals surface area contributed by atoms with Crippen molar-refractivity contribution in [2.45, 2.75) is 19.3 Å².